The van der Waals surface area contributed by atoms with Crippen LogP contribution in [0.2, 0.25) is 5.02 Å². The number of nitro benzene ring substituents is 1. The van der Waals surface area contributed by atoms with Gasteiger partial charge in [-0.1, -0.05) is 23.7 Å². The molecule has 0 atom stereocenters. The van der Waals surface area contributed by atoms with E-state index in [1.165, 1.54) is 24.3 Å². The lowest BCUT2D eigenvalue weighted by Gasteiger charge is -2.11. The molecule has 8 heteroatoms. The first-order valence-corrected chi connectivity index (χ1v) is 8.78. The van der Waals surface area contributed by atoms with Gasteiger partial charge in [-0.25, -0.2) is 5.43 Å². The standard InChI is InChI=1S/C20H17ClN4O3/c1-13-11-16(14(2)24(13)19-6-4-3-5-18(19)21)12-22-23-20(26)15-7-9-17(10-8-15)25(27)28/h3-12H,1-2H3,(H,23,26)/b22-12-. The third-order valence-electron chi connectivity index (χ3n) is 4.27. The van der Waals surface area contributed by atoms with Crippen LogP contribution in [-0.2, 0) is 0 Å². The van der Waals surface area contributed by atoms with E-state index in [2.05, 4.69) is 10.5 Å². The van der Waals surface area contributed by atoms with Crippen LogP contribution in [0.3, 0.4) is 0 Å². The molecule has 0 aliphatic rings. The van der Waals surface area contributed by atoms with Gasteiger partial charge in [0, 0.05) is 34.6 Å². The van der Waals surface area contributed by atoms with Gasteiger partial charge in [-0.2, -0.15) is 5.10 Å². The van der Waals surface area contributed by atoms with Gasteiger partial charge < -0.3 is 4.57 Å². The first kappa shape index (κ1) is 19.3. The molecule has 0 saturated carbocycles. The van der Waals surface area contributed by atoms with Crippen LogP contribution in [0.5, 0.6) is 0 Å². The predicted octanol–water partition coefficient (Wildman–Crippen LogP) is 4.42. The monoisotopic (exact) mass is 396 g/mol. The highest BCUT2D eigenvalue weighted by Crippen LogP contribution is 2.25. The molecule has 1 aromatic heterocycles. The molecule has 1 amide bonds. The molecule has 28 heavy (non-hydrogen) atoms. The van der Waals surface area contributed by atoms with E-state index in [0.29, 0.717) is 5.02 Å². The van der Waals surface area contributed by atoms with Gasteiger partial charge in [0.2, 0.25) is 0 Å². The van der Waals surface area contributed by atoms with Crippen LogP contribution in [0.25, 0.3) is 5.69 Å². The maximum absolute atomic E-state index is 12.1. The zero-order valence-electron chi connectivity index (χ0n) is 15.2. The summed E-state index contributed by atoms with van der Waals surface area (Å²) < 4.78 is 2.02. The van der Waals surface area contributed by atoms with Gasteiger partial charge in [0.05, 0.1) is 21.8 Å². The van der Waals surface area contributed by atoms with Gasteiger partial charge in [-0.15, -0.1) is 0 Å². The Balaban J connectivity index is 1.76. The molecule has 0 bridgehead atoms. The van der Waals surface area contributed by atoms with Crippen molar-refractivity contribution in [2.24, 2.45) is 5.10 Å². The Morgan fingerprint density at radius 3 is 2.50 bits per heavy atom. The Morgan fingerprint density at radius 1 is 1.18 bits per heavy atom. The third-order valence-corrected chi connectivity index (χ3v) is 4.59. The lowest BCUT2D eigenvalue weighted by Crippen LogP contribution is -2.17. The maximum atomic E-state index is 12.1. The number of amides is 1. The Kier molecular flexibility index (Phi) is 5.56. The van der Waals surface area contributed by atoms with E-state index in [-0.39, 0.29) is 11.3 Å². The van der Waals surface area contributed by atoms with E-state index in [4.69, 9.17) is 11.6 Å². The number of hydrogen-bond acceptors (Lipinski definition) is 4. The number of halogens is 1. The largest absolute Gasteiger partial charge is 0.316 e. The number of rotatable bonds is 5. The number of hydrazone groups is 1. The molecule has 3 aromatic rings. The Bertz CT molecular complexity index is 1070. The molecule has 142 valence electrons. The lowest BCUT2D eigenvalue weighted by molar-refractivity contribution is -0.384. The molecular formula is C20H17ClN4O3. The van der Waals surface area contributed by atoms with Crippen LogP contribution in [-0.4, -0.2) is 21.6 Å². The molecule has 1 N–H and O–H groups in total. The number of aryl methyl sites for hydroxylation is 1. The van der Waals surface area contributed by atoms with Crippen molar-refractivity contribution in [3.05, 3.63) is 92.2 Å². The van der Waals surface area contributed by atoms with E-state index >= 15 is 0 Å². The van der Waals surface area contributed by atoms with Crippen LogP contribution in [0.15, 0.2) is 59.7 Å². The summed E-state index contributed by atoms with van der Waals surface area (Å²) in [6.07, 6.45) is 1.55. The number of nitrogens with one attached hydrogen (secondary N) is 1. The fourth-order valence-corrected chi connectivity index (χ4v) is 3.10. The molecule has 0 aliphatic carbocycles. The number of non-ortho nitro benzene ring substituents is 1. The third kappa shape index (κ3) is 3.94. The second kappa shape index (κ2) is 8.06. The SMILES string of the molecule is Cc1cc(/C=N\NC(=O)c2ccc([N+](=O)[O-])cc2)c(C)n1-c1ccccc1Cl. The lowest BCUT2D eigenvalue weighted by atomic mass is 10.2. The summed E-state index contributed by atoms with van der Waals surface area (Å²) >= 11 is 6.30. The minimum Gasteiger partial charge on any atom is -0.316 e. The minimum absolute atomic E-state index is 0.0768. The molecule has 0 unspecified atom stereocenters. The van der Waals surface area contributed by atoms with Gasteiger partial charge in [-0.3, -0.25) is 14.9 Å². The van der Waals surface area contributed by atoms with Crippen molar-refractivity contribution < 1.29 is 9.72 Å². The molecule has 0 aliphatic heterocycles. The summed E-state index contributed by atoms with van der Waals surface area (Å²) in [7, 11) is 0. The van der Waals surface area contributed by atoms with E-state index in [9.17, 15) is 14.9 Å². The predicted molar refractivity (Wildman–Crippen MR) is 108 cm³/mol. The summed E-state index contributed by atoms with van der Waals surface area (Å²) in [4.78, 5) is 22.3. The number of carbonyl (C=O) groups excluding carboxylic acids is 1. The van der Waals surface area contributed by atoms with Crippen molar-refractivity contribution >= 4 is 29.4 Å². The quantitative estimate of drug-likeness (QED) is 0.393. The van der Waals surface area contributed by atoms with Crippen LogP contribution < -0.4 is 5.43 Å². The molecule has 0 fully saturated rings. The summed E-state index contributed by atoms with van der Waals surface area (Å²) in [6.45, 7) is 3.90. The highest BCUT2D eigenvalue weighted by atomic mass is 35.5. The summed E-state index contributed by atoms with van der Waals surface area (Å²) in [5.41, 5.74) is 6.25. The first-order valence-electron chi connectivity index (χ1n) is 8.40. The van der Waals surface area contributed by atoms with E-state index < -0.39 is 10.8 Å². The highest BCUT2D eigenvalue weighted by Gasteiger charge is 2.12. The molecule has 0 radical (unpaired) electrons. The van der Waals surface area contributed by atoms with Crippen molar-refractivity contribution in [3.63, 3.8) is 0 Å². The Morgan fingerprint density at radius 2 is 1.86 bits per heavy atom. The number of nitro groups is 1. The zero-order valence-corrected chi connectivity index (χ0v) is 16.0. The Hall–Kier alpha value is -3.45. The van der Waals surface area contributed by atoms with E-state index in [0.717, 1.165) is 22.6 Å². The fraction of sp³-hybridized carbons (Fsp3) is 0.100. The number of nitrogens with zero attached hydrogens (tertiary/aromatic N) is 3. The summed E-state index contributed by atoms with van der Waals surface area (Å²) in [5, 5.41) is 15.3. The molecule has 7 nitrogen and oxygen atoms in total. The topological polar surface area (TPSA) is 89.5 Å². The molecule has 3 rings (SSSR count). The van der Waals surface area contributed by atoms with Gasteiger partial charge in [-0.05, 0) is 44.2 Å². The van der Waals surface area contributed by atoms with Gasteiger partial charge in [0.1, 0.15) is 0 Å². The van der Waals surface area contributed by atoms with E-state index in [1.807, 2.05) is 48.7 Å². The van der Waals surface area contributed by atoms with Crippen LogP contribution >= 0.6 is 11.6 Å². The van der Waals surface area contributed by atoms with Crippen molar-refractivity contribution in [2.75, 3.05) is 0 Å². The molecular weight excluding hydrogens is 380 g/mol. The van der Waals surface area contributed by atoms with Crippen LogP contribution in [0, 0.1) is 24.0 Å². The van der Waals surface area contributed by atoms with Crippen LogP contribution in [0.4, 0.5) is 5.69 Å². The summed E-state index contributed by atoms with van der Waals surface area (Å²) in [5.74, 6) is -0.453. The summed E-state index contributed by atoms with van der Waals surface area (Å²) in [6, 6.07) is 14.8. The van der Waals surface area contributed by atoms with Crippen molar-refractivity contribution in [1.29, 1.82) is 0 Å². The average molecular weight is 397 g/mol. The number of hydrogen-bond donors (Lipinski definition) is 1. The minimum atomic E-state index is -0.519. The second-order valence-corrected chi connectivity index (χ2v) is 6.52. The van der Waals surface area contributed by atoms with Crippen molar-refractivity contribution in [3.8, 4) is 5.69 Å². The highest BCUT2D eigenvalue weighted by molar-refractivity contribution is 6.32. The average Bonchev–Trinajstić information content (AvgIpc) is 2.96. The number of benzene rings is 2. The normalized spacial score (nSPS) is 11.0. The fourth-order valence-electron chi connectivity index (χ4n) is 2.88. The molecule has 0 saturated heterocycles. The zero-order chi connectivity index (χ0) is 20.3. The van der Waals surface area contributed by atoms with Gasteiger partial charge >= 0.3 is 0 Å². The molecule has 0 spiro atoms. The van der Waals surface area contributed by atoms with E-state index in [1.54, 1.807) is 6.21 Å². The Labute approximate surface area is 166 Å². The first-order chi connectivity index (χ1) is 13.4. The van der Waals surface area contributed by atoms with Gasteiger partial charge in [0.25, 0.3) is 11.6 Å². The smallest absolute Gasteiger partial charge is 0.271 e. The number of para-hydroxylation sites is 1. The van der Waals surface area contributed by atoms with Crippen molar-refractivity contribution in [2.45, 2.75) is 13.8 Å². The van der Waals surface area contributed by atoms with Crippen molar-refractivity contribution in [1.82, 2.24) is 9.99 Å². The van der Waals surface area contributed by atoms with Crippen LogP contribution in [0.1, 0.15) is 27.3 Å². The molecule has 1 heterocycles. The maximum Gasteiger partial charge on any atom is 0.271 e. The van der Waals surface area contributed by atoms with Gasteiger partial charge in [0.15, 0.2) is 0 Å². The number of carbonyl (C=O) groups is 1. The second-order valence-electron chi connectivity index (χ2n) is 6.12. The molecule has 2 aromatic carbocycles. The number of aromatic nitrogens is 1.